The molecule has 0 amide bonds. The van der Waals surface area contributed by atoms with Crippen LogP contribution in [0.15, 0.2) is 0 Å². The summed E-state index contributed by atoms with van der Waals surface area (Å²) in [4.78, 5) is 0. The van der Waals surface area contributed by atoms with Gasteiger partial charge >= 0.3 is 0 Å². The van der Waals surface area contributed by atoms with Crippen molar-refractivity contribution in [3.05, 3.63) is 0 Å². The van der Waals surface area contributed by atoms with Crippen LogP contribution in [0.5, 0.6) is 0 Å². The van der Waals surface area contributed by atoms with E-state index in [0.29, 0.717) is 11.3 Å². The molecule has 0 saturated heterocycles. The van der Waals surface area contributed by atoms with Gasteiger partial charge in [0.1, 0.15) is 0 Å². The van der Waals surface area contributed by atoms with E-state index in [4.69, 9.17) is 0 Å². The topological polar surface area (TPSA) is 20.2 Å². The van der Waals surface area contributed by atoms with Gasteiger partial charge in [-0.05, 0) is 37.0 Å². The predicted molar refractivity (Wildman–Crippen MR) is 63.4 cm³/mol. The average molecular weight is 200 g/mol. The third-order valence-electron chi connectivity index (χ3n) is 3.01. The van der Waals surface area contributed by atoms with E-state index < -0.39 is 5.60 Å². The van der Waals surface area contributed by atoms with Crippen LogP contribution in [-0.4, -0.2) is 10.7 Å². The zero-order valence-electron chi connectivity index (χ0n) is 10.9. The first-order valence-electron chi connectivity index (χ1n) is 5.95. The Kier molecular flexibility index (Phi) is 5.14. The molecule has 0 fully saturated rings. The van der Waals surface area contributed by atoms with Crippen LogP contribution in [0.2, 0.25) is 0 Å². The second-order valence-electron chi connectivity index (χ2n) is 6.01. The van der Waals surface area contributed by atoms with Gasteiger partial charge in [-0.15, -0.1) is 0 Å². The summed E-state index contributed by atoms with van der Waals surface area (Å²) in [6.07, 6.45) is 3.88. The summed E-state index contributed by atoms with van der Waals surface area (Å²) in [6.45, 7) is 13.2. The van der Waals surface area contributed by atoms with E-state index in [1.807, 2.05) is 0 Å². The molecular weight excluding hydrogens is 172 g/mol. The molecule has 0 radical (unpaired) electrons. The Bertz CT molecular complexity index is 151. The van der Waals surface area contributed by atoms with E-state index in [2.05, 4.69) is 41.5 Å². The van der Waals surface area contributed by atoms with Crippen molar-refractivity contribution in [1.82, 2.24) is 0 Å². The van der Waals surface area contributed by atoms with Crippen molar-refractivity contribution in [2.45, 2.75) is 72.8 Å². The lowest BCUT2D eigenvalue weighted by atomic mass is 9.79. The molecule has 1 N–H and O–H groups in total. The third kappa shape index (κ3) is 5.64. The van der Waals surface area contributed by atoms with Crippen LogP contribution in [0.3, 0.4) is 0 Å². The quantitative estimate of drug-likeness (QED) is 0.711. The maximum Gasteiger partial charge on any atom is 0.0645 e. The molecule has 0 saturated carbocycles. The van der Waals surface area contributed by atoms with Gasteiger partial charge in [0.15, 0.2) is 0 Å². The zero-order chi connectivity index (χ0) is 11.4. The van der Waals surface area contributed by atoms with Gasteiger partial charge in [0.25, 0.3) is 0 Å². The first-order valence-corrected chi connectivity index (χ1v) is 5.95. The minimum atomic E-state index is -0.426. The lowest BCUT2D eigenvalue weighted by Crippen LogP contribution is -2.30. The van der Waals surface area contributed by atoms with E-state index in [1.165, 1.54) is 6.42 Å². The van der Waals surface area contributed by atoms with E-state index in [-0.39, 0.29) is 0 Å². The molecule has 0 rings (SSSR count). The maximum atomic E-state index is 10.2. The lowest BCUT2D eigenvalue weighted by Gasteiger charge is -2.31. The summed E-state index contributed by atoms with van der Waals surface area (Å²) in [7, 11) is 0. The first-order chi connectivity index (χ1) is 6.22. The van der Waals surface area contributed by atoms with Gasteiger partial charge in [-0.2, -0.15) is 0 Å². The average Bonchev–Trinajstić information content (AvgIpc) is 2.00. The van der Waals surface area contributed by atoms with Gasteiger partial charge in [-0.1, -0.05) is 41.5 Å². The monoisotopic (exact) mass is 200 g/mol. The highest BCUT2D eigenvalue weighted by Gasteiger charge is 2.26. The largest absolute Gasteiger partial charge is 0.390 e. The van der Waals surface area contributed by atoms with Crippen LogP contribution >= 0.6 is 0 Å². The molecule has 0 heterocycles. The van der Waals surface area contributed by atoms with E-state index in [0.717, 1.165) is 19.3 Å². The molecule has 0 aliphatic heterocycles. The number of hydrogen-bond donors (Lipinski definition) is 1. The van der Waals surface area contributed by atoms with Gasteiger partial charge in [0.05, 0.1) is 5.60 Å². The Balaban J connectivity index is 4.10. The molecule has 86 valence electrons. The molecule has 0 aliphatic rings. The molecule has 1 nitrogen and oxygen atoms in total. The van der Waals surface area contributed by atoms with E-state index in [9.17, 15) is 5.11 Å². The molecule has 14 heavy (non-hydrogen) atoms. The van der Waals surface area contributed by atoms with Gasteiger partial charge in [-0.25, -0.2) is 0 Å². The highest BCUT2D eigenvalue weighted by atomic mass is 16.3. The summed E-state index contributed by atoms with van der Waals surface area (Å²) in [5.74, 6) is 0.611. The normalized spacial score (nSPS) is 15.6. The zero-order valence-corrected chi connectivity index (χ0v) is 10.9. The molecule has 0 bridgehead atoms. The van der Waals surface area contributed by atoms with E-state index >= 15 is 0 Å². The smallest absolute Gasteiger partial charge is 0.0645 e. The Hall–Kier alpha value is -0.0400. The molecule has 1 atom stereocenters. The molecule has 0 aromatic rings. The van der Waals surface area contributed by atoms with Crippen molar-refractivity contribution in [2.75, 3.05) is 0 Å². The fraction of sp³-hybridized carbons (Fsp3) is 1.00. The van der Waals surface area contributed by atoms with Crippen LogP contribution < -0.4 is 0 Å². The molecule has 0 spiro atoms. The number of hydrogen-bond acceptors (Lipinski definition) is 1. The predicted octanol–water partition coefficient (Wildman–Crippen LogP) is 4.00. The van der Waals surface area contributed by atoms with Crippen LogP contribution in [0, 0.1) is 11.3 Å². The van der Waals surface area contributed by atoms with Crippen LogP contribution in [0.4, 0.5) is 0 Å². The Labute approximate surface area is 89.9 Å². The number of rotatable bonds is 5. The SMILES string of the molecule is CCC(O)(CC)CC(C)CC(C)(C)C. The molecule has 0 aliphatic carbocycles. The van der Waals surface area contributed by atoms with Crippen molar-refractivity contribution >= 4 is 0 Å². The Morgan fingerprint density at radius 3 is 1.71 bits per heavy atom. The molecule has 0 aromatic heterocycles. The van der Waals surface area contributed by atoms with Crippen molar-refractivity contribution in [3.63, 3.8) is 0 Å². The van der Waals surface area contributed by atoms with E-state index in [1.54, 1.807) is 0 Å². The van der Waals surface area contributed by atoms with Crippen molar-refractivity contribution in [3.8, 4) is 0 Å². The van der Waals surface area contributed by atoms with Crippen molar-refractivity contribution in [1.29, 1.82) is 0 Å². The fourth-order valence-electron chi connectivity index (χ4n) is 2.30. The second-order valence-corrected chi connectivity index (χ2v) is 6.01. The maximum absolute atomic E-state index is 10.2. The summed E-state index contributed by atoms with van der Waals surface area (Å²) in [5.41, 5.74) is -0.0491. The van der Waals surface area contributed by atoms with Gasteiger partial charge in [0, 0.05) is 0 Å². The minimum absolute atomic E-state index is 0.377. The van der Waals surface area contributed by atoms with Gasteiger partial charge in [0.2, 0.25) is 0 Å². The molecule has 0 aromatic carbocycles. The highest BCUT2D eigenvalue weighted by Crippen LogP contribution is 2.31. The number of aliphatic hydroxyl groups is 1. The summed E-state index contributed by atoms with van der Waals surface area (Å²) in [6, 6.07) is 0. The van der Waals surface area contributed by atoms with Crippen LogP contribution in [0.25, 0.3) is 0 Å². The Morgan fingerprint density at radius 2 is 1.43 bits per heavy atom. The minimum Gasteiger partial charge on any atom is -0.390 e. The van der Waals surface area contributed by atoms with Crippen LogP contribution in [-0.2, 0) is 0 Å². The molecule has 1 heteroatoms. The molecule has 1 unspecified atom stereocenters. The van der Waals surface area contributed by atoms with Crippen LogP contribution in [0.1, 0.15) is 67.2 Å². The van der Waals surface area contributed by atoms with Gasteiger partial charge < -0.3 is 5.11 Å². The third-order valence-corrected chi connectivity index (χ3v) is 3.01. The standard InChI is InChI=1S/C13H28O/c1-7-13(14,8-2)10-11(3)9-12(4,5)6/h11,14H,7-10H2,1-6H3. The van der Waals surface area contributed by atoms with Crippen molar-refractivity contribution < 1.29 is 5.11 Å². The summed E-state index contributed by atoms with van der Waals surface area (Å²) in [5, 5.41) is 10.2. The lowest BCUT2D eigenvalue weighted by molar-refractivity contribution is 0.00524. The molecular formula is C13H28O. The summed E-state index contributed by atoms with van der Waals surface area (Å²) < 4.78 is 0. The van der Waals surface area contributed by atoms with Gasteiger partial charge in [-0.3, -0.25) is 0 Å². The van der Waals surface area contributed by atoms with Crippen molar-refractivity contribution in [2.24, 2.45) is 11.3 Å². The Morgan fingerprint density at radius 1 is 1.00 bits per heavy atom. The highest BCUT2D eigenvalue weighted by molar-refractivity contribution is 4.79. The first kappa shape index (κ1) is 14.0. The fourth-order valence-corrected chi connectivity index (χ4v) is 2.30. The second kappa shape index (κ2) is 5.16. The summed E-state index contributed by atoms with van der Waals surface area (Å²) >= 11 is 0.